The summed E-state index contributed by atoms with van der Waals surface area (Å²) in [5, 5.41) is 3.59. The fourth-order valence-corrected chi connectivity index (χ4v) is 3.85. The summed E-state index contributed by atoms with van der Waals surface area (Å²) in [6.45, 7) is 1.20. The maximum Gasteiger partial charge on any atom is 0.337 e. The second-order valence-electron chi connectivity index (χ2n) is 6.81. The number of pyridine rings is 1. The van der Waals surface area contributed by atoms with Crippen LogP contribution in [0.5, 0.6) is 0 Å². The molecule has 2 aromatic heterocycles. The molecule has 0 fully saturated rings. The molecular formula is C22H24N4O5S. The molecule has 3 rings (SSSR count). The maximum absolute atomic E-state index is 13.1. The van der Waals surface area contributed by atoms with E-state index in [1.807, 2.05) is 12.1 Å². The summed E-state index contributed by atoms with van der Waals surface area (Å²) in [6.07, 6.45) is 2.28. The van der Waals surface area contributed by atoms with Gasteiger partial charge in [-0.15, -0.1) is 0 Å². The number of rotatable bonds is 10. The zero-order valence-electron chi connectivity index (χ0n) is 17.9. The topological polar surface area (TPSA) is 112 Å². The summed E-state index contributed by atoms with van der Waals surface area (Å²) in [6, 6.07) is 10.1. The van der Waals surface area contributed by atoms with Gasteiger partial charge in [0.15, 0.2) is 5.16 Å². The highest BCUT2D eigenvalue weighted by Crippen LogP contribution is 2.19. The quantitative estimate of drug-likeness (QED) is 0.213. The zero-order valence-corrected chi connectivity index (χ0v) is 18.7. The molecule has 0 unspecified atom stereocenters. The van der Waals surface area contributed by atoms with E-state index in [2.05, 4.69) is 15.3 Å². The zero-order chi connectivity index (χ0) is 22.9. The Kier molecular flexibility index (Phi) is 8.34. The average molecular weight is 457 g/mol. The van der Waals surface area contributed by atoms with E-state index < -0.39 is 5.97 Å². The van der Waals surface area contributed by atoms with Crippen LogP contribution in [0.1, 0.15) is 22.5 Å². The number of carbonyl (C=O) groups excluding carboxylic acids is 2. The number of fused-ring (bicyclic) bond motifs is 1. The van der Waals surface area contributed by atoms with E-state index in [0.29, 0.717) is 47.7 Å². The number of hydrogen-bond donors (Lipinski definition) is 1. The number of hydrogen-bond acceptors (Lipinski definition) is 8. The molecule has 1 amide bonds. The van der Waals surface area contributed by atoms with Crippen LogP contribution >= 0.6 is 11.8 Å². The Morgan fingerprint density at radius 1 is 1.19 bits per heavy atom. The molecule has 3 aromatic rings. The highest BCUT2D eigenvalue weighted by atomic mass is 32.2. The Morgan fingerprint density at radius 3 is 2.75 bits per heavy atom. The van der Waals surface area contributed by atoms with Gasteiger partial charge in [0.05, 0.1) is 41.6 Å². The van der Waals surface area contributed by atoms with Crippen LogP contribution in [-0.2, 0) is 27.4 Å². The van der Waals surface area contributed by atoms with Crippen molar-refractivity contribution in [2.45, 2.75) is 24.7 Å². The van der Waals surface area contributed by atoms with Gasteiger partial charge < -0.3 is 14.8 Å². The summed E-state index contributed by atoms with van der Waals surface area (Å²) in [4.78, 5) is 46.0. The van der Waals surface area contributed by atoms with Crippen LogP contribution in [0.2, 0.25) is 0 Å². The SMILES string of the molecule is COCCCn1c(SCC(=O)NCc2ccccn2)nc2cc(C(=O)OC)ccc2c1=O. The smallest absolute Gasteiger partial charge is 0.337 e. The van der Waals surface area contributed by atoms with Gasteiger partial charge in [-0.3, -0.25) is 19.1 Å². The van der Waals surface area contributed by atoms with Crippen LogP contribution in [0.15, 0.2) is 52.5 Å². The number of aromatic nitrogens is 3. The molecule has 168 valence electrons. The van der Waals surface area contributed by atoms with Gasteiger partial charge >= 0.3 is 5.97 Å². The van der Waals surface area contributed by atoms with E-state index in [-0.39, 0.29) is 17.2 Å². The normalized spacial score (nSPS) is 10.8. The summed E-state index contributed by atoms with van der Waals surface area (Å²) < 4.78 is 11.4. The van der Waals surface area contributed by atoms with Crippen molar-refractivity contribution in [1.29, 1.82) is 0 Å². The molecule has 0 aliphatic heterocycles. The van der Waals surface area contributed by atoms with Crippen molar-refractivity contribution in [2.75, 3.05) is 26.6 Å². The Balaban J connectivity index is 1.82. The summed E-state index contributed by atoms with van der Waals surface area (Å²) in [5.74, 6) is -0.644. The second-order valence-corrected chi connectivity index (χ2v) is 7.75. The molecule has 10 heteroatoms. The molecule has 0 aliphatic carbocycles. The third kappa shape index (κ3) is 5.92. The van der Waals surface area contributed by atoms with Crippen molar-refractivity contribution >= 4 is 34.5 Å². The van der Waals surface area contributed by atoms with Crippen LogP contribution < -0.4 is 10.9 Å². The number of carbonyl (C=O) groups is 2. The van der Waals surface area contributed by atoms with Crippen molar-refractivity contribution < 1.29 is 19.1 Å². The number of benzene rings is 1. The molecule has 0 saturated heterocycles. The van der Waals surface area contributed by atoms with Gasteiger partial charge in [0.2, 0.25) is 5.91 Å². The van der Waals surface area contributed by atoms with E-state index in [9.17, 15) is 14.4 Å². The summed E-state index contributed by atoms with van der Waals surface area (Å²) >= 11 is 1.16. The Hall–Kier alpha value is -3.24. The Labute approximate surface area is 189 Å². The summed E-state index contributed by atoms with van der Waals surface area (Å²) in [7, 11) is 2.88. The highest BCUT2D eigenvalue weighted by Gasteiger charge is 2.15. The fourth-order valence-electron chi connectivity index (χ4n) is 2.99. The average Bonchev–Trinajstić information content (AvgIpc) is 2.82. The molecule has 32 heavy (non-hydrogen) atoms. The maximum atomic E-state index is 13.1. The number of ether oxygens (including phenoxy) is 2. The number of thioether (sulfide) groups is 1. The lowest BCUT2D eigenvalue weighted by Gasteiger charge is -2.13. The first-order chi connectivity index (χ1) is 15.5. The predicted molar refractivity (Wildman–Crippen MR) is 121 cm³/mol. The molecule has 0 aliphatic rings. The molecule has 0 bridgehead atoms. The molecule has 0 radical (unpaired) electrons. The molecule has 1 aromatic carbocycles. The van der Waals surface area contributed by atoms with E-state index in [0.717, 1.165) is 17.5 Å². The largest absolute Gasteiger partial charge is 0.465 e. The molecule has 2 heterocycles. The third-order valence-electron chi connectivity index (χ3n) is 4.60. The van der Waals surface area contributed by atoms with Gasteiger partial charge in [-0.25, -0.2) is 9.78 Å². The van der Waals surface area contributed by atoms with E-state index in [1.165, 1.54) is 23.8 Å². The van der Waals surface area contributed by atoms with Gasteiger partial charge in [-0.05, 0) is 36.8 Å². The first-order valence-electron chi connectivity index (χ1n) is 9.94. The number of nitrogens with one attached hydrogen (secondary N) is 1. The summed E-state index contributed by atoms with van der Waals surface area (Å²) in [5.41, 5.74) is 1.19. The van der Waals surface area contributed by atoms with E-state index in [1.54, 1.807) is 25.4 Å². The minimum atomic E-state index is -0.513. The monoisotopic (exact) mass is 456 g/mol. The van der Waals surface area contributed by atoms with Crippen molar-refractivity contribution in [3.8, 4) is 0 Å². The minimum absolute atomic E-state index is 0.0751. The molecule has 0 spiro atoms. The van der Waals surface area contributed by atoms with Crippen LogP contribution in [0.4, 0.5) is 0 Å². The van der Waals surface area contributed by atoms with Gasteiger partial charge in [0.1, 0.15) is 0 Å². The van der Waals surface area contributed by atoms with Crippen LogP contribution in [0.3, 0.4) is 0 Å². The first kappa shape index (κ1) is 23.4. The van der Waals surface area contributed by atoms with Crippen molar-refractivity contribution in [3.05, 3.63) is 64.2 Å². The molecular weight excluding hydrogens is 432 g/mol. The Morgan fingerprint density at radius 2 is 2.03 bits per heavy atom. The lowest BCUT2D eigenvalue weighted by molar-refractivity contribution is -0.118. The molecule has 0 atom stereocenters. The van der Waals surface area contributed by atoms with Gasteiger partial charge in [0, 0.05) is 26.5 Å². The van der Waals surface area contributed by atoms with Crippen molar-refractivity contribution in [1.82, 2.24) is 19.9 Å². The van der Waals surface area contributed by atoms with E-state index >= 15 is 0 Å². The molecule has 9 nitrogen and oxygen atoms in total. The van der Waals surface area contributed by atoms with Crippen molar-refractivity contribution in [2.24, 2.45) is 0 Å². The van der Waals surface area contributed by atoms with Gasteiger partial charge in [0.25, 0.3) is 5.56 Å². The number of nitrogens with zero attached hydrogens (tertiary/aromatic N) is 3. The van der Waals surface area contributed by atoms with Crippen molar-refractivity contribution in [3.63, 3.8) is 0 Å². The van der Waals surface area contributed by atoms with Crippen LogP contribution in [-0.4, -0.2) is 53.0 Å². The number of methoxy groups -OCH3 is 2. The third-order valence-corrected chi connectivity index (χ3v) is 5.57. The molecule has 0 saturated carbocycles. The van der Waals surface area contributed by atoms with Crippen LogP contribution in [0.25, 0.3) is 10.9 Å². The van der Waals surface area contributed by atoms with Gasteiger partial charge in [-0.1, -0.05) is 17.8 Å². The Bertz CT molecular complexity index is 1150. The number of amides is 1. The van der Waals surface area contributed by atoms with E-state index in [4.69, 9.17) is 9.47 Å². The minimum Gasteiger partial charge on any atom is -0.465 e. The number of esters is 1. The first-order valence-corrected chi connectivity index (χ1v) is 10.9. The molecule has 1 N–H and O–H groups in total. The lowest BCUT2D eigenvalue weighted by atomic mass is 10.1. The second kappa shape index (κ2) is 11.4. The highest BCUT2D eigenvalue weighted by molar-refractivity contribution is 7.99. The fraction of sp³-hybridized carbons (Fsp3) is 0.318. The standard InChI is InChI=1S/C22H24N4O5S/c1-30-11-5-10-26-20(28)17-8-7-15(21(29)31-2)12-18(17)25-22(26)32-14-19(27)24-13-16-6-3-4-9-23-16/h3-4,6-9,12H,5,10-11,13-14H2,1-2H3,(H,24,27). The lowest BCUT2D eigenvalue weighted by Crippen LogP contribution is -2.27. The van der Waals surface area contributed by atoms with Gasteiger partial charge in [-0.2, -0.15) is 0 Å². The predicted octanol–water partition coefficient (Wildman–Crippen LogP) is 2.02. The van der Waals surface area contributed by atoms with Crippen LogP contribution in [0, 0.1) is 0 Å².